The van der Waals surface area contributed by atoms with Gasteiger partial charge in [-0.25, -0.2) is 0 Å². The zero-order valence-corrected chi connectivity index (χ0v) is 17.9. The van der Waals surface area contributed by atoms with E-state index in [-0.39, 0.29) is 11.8 Å². The minimum absolute atomic E-state index is 0.0125. The monoisotopic (exact) mass is 426 g/mol. The third kappa shape index (κ3) is 4.57. The van der Waals surface area contributed by atoms with Crippen molar-refractivity contribution in [1.82, 2.24) is 19.6 Å². The fourth-order valence-corrected chi connectivity index (χ4v) is 4.68. The summed E-state index contributed by atoms with van der Waals surface area (Å²) >= 11 is 0. The highest BCUT2D eigenvalue weighted by Gasteiger charge is 2.37. The number of rotatable bonds is 3. The maximum absolute atomic E-state index is 13.5. The maximum atomic E-state index is 13.5. The van der Waals surface area contributed by atoms with Crippen molar-refractivity contribution in [2.45, 2.75) is 38.1 Å². The lowest BCUT2D eigenvalue weighted by molar-refractivity contribution is -0.154. The Balaban J connectivity index is 1.43. The van der Waals surface area contributed by atoms with Crippen LogP contribution < -0.4 is 0 Å². The van der Waals surface area contributed by atoms with E-state index in [0.29, 0.717) is 52.2 Å². The summed E-state index contributed by atoms with van der Waals surface area (Å²) in [7, 11) is 0. The average molecular weight is 427 g/mol. The number of piperazine rings is 1. The van der Waals surface area contributed by atoms with Gasteiger partial charge in [-0.05, 0) is 31.2 Å². The van der Waals surface area contributed by atoms with Crippen molar-refractivity contribution in [3.63, 3.8) is 0 Å². The van der Waals surface area contributed by atoms with E-state index in [4.69, 9.17) is 0 Å². The largest absolute Gasteiger partial charge is 0.337 e. The molecule has 31 heavy (non-hydrogen) atoms. The lowest BCUT2D eigenvalue weighted by Crippen LogP contribution is -2.56. The molecule has 0 spiro atoms. The number of benzene rings is 1. The zero-order valence-electron chi connectivity index (χ0n) is 17.9. The van der Waals surface area contributed by atoms with Crippen LogP contribution in [0.1, 0.15) is 43.7 Å². The standard InChI is InChI=1S/C23H30N4O4/c28-19-10-4-5-13-27(19)20(18-8-2-1-3-9-18)21(29)25-14-16-26(17-15-25)23(31)22(30)24-11-6-7-12-24/h1-3,8-9,20H,4-7,10-17H2. The van der Waals surface area contributed by atoms with E-state index in [0.717, 1.165) is 31.2 Å². The van der Waals surface area contributed by atoms with Gasteiger partial charge in [-0.2, -0.15) is 0 Å². The summed E-state index contributed by atoms with van der Waals surface area (Å²) in [5.41, 5.74) is 0.811. The van der Waals surface area contributed by atoms with E-state index >= 15 is 0 Å². The molecule has 3 saturated heterocycles. The molecule has 166 valence electrons. The first-order valence-electron chi connectivity index (χ1n) is 11.3. The number of carbonyl (C=O) groups excluding carboxylic acids is 4. The molecule has 3 aliphatic heterocycles. The van der Waals surface area contributed by atoms with Gasteiger partial charge in [0.15, 0.2) is 0 Å². The van der Waals surface area contributed by atoms with Gasteiger partial charge >= 0.3 is 11.8 Å². The summed E-state index contributed by atoms with van der Waals surface area (Å²) in [4.78, 5) is 57.7. The first kappa shape index (κ1) is 21.3. The van der Waals surface area contributed by atoms with E-state index in [1.54, 1.807) is 19.6 Å². The molecule has 8 nitrogen and oxygen atoms in total. The number of piperidine rings is 1. The van der Waals surface area contributed by atoms with Crippen molar-refractivity contribution in [3.05, 3.63) is 35.9 Å². The minimum Gasteiger partial charge on any atom is -0.337 e. The molecule has 4 amide bonds. The fraction of sp³-hybridized carbons (Fsp3) is 0.565. The predicted octanol–water partition coefficient (Wildman–Crippen LogP) is 1.03. The zero-order chi connectivity index (χ0) is 21.8. The molecule has 1 unspecified atom stereocenters. The minimum atomic E-state index is -0.637. The second-order valence-corrected chi connectivity index (χ2v) is 8.47. The summed E-state index contributed by atoms with van der Waals surface area (Å²) in [6, 6.07) is 8.79. The van der Waals surface area contributed by atoms with Crippen molar-refractivity contribution < 1.29 is 19.2 Å². The lowest BCUT2D eigenvalue weighted by atomic mass is 9.99. The van der Waals surface area contributed by atoms with E-state index in [2.05, 4.69) is 0 Å². The van der Waals surface area contributed by atoms with Crippen LogP contribution in [0.25, 0.3) is 0 Å². The Morgan fingerprint density at radius 2 is 1.23 bits per heavy atom. The lowest BCUT2D eigenvalue weighted by Gasteiger charge is -2.40. The van der Waals surface area contributed by atoms with Gasteiger partial charge in [-0.3, -0.25) is 19.2 Å². The molecule has 3 heterocycles. The summed E-state index contributed by atoms with van der Waals surface area (Å²) < 4.78 is 0. The van der Waals surface area contributed by atoms with E-state index in [1.807, 2.05) is 30.3 Å². The van der Waals surface area contributed by atoms with Crippen LogP contribution >= 0.6 is 0 Å². The smallest absolute Gasteiger partial charge is 0.312 e. The average Bonchev–Trinajstić information content (AvgIpc) is 3.35. The van der Waals surface area contributed by atoms with Crippen LogP contribution in [0, 0.1) is 0 Å². The SMILES string of the molecule is O=C(C(=O)N1CCN(C(=O)C(c2ccccc2)N2CCCCC2=O)CC1)N1CCCC1. The summed E-state index contributed by atoms with van der Waals surface area (Å²) in [5.74, 6) is -1.00. The van der Waals surface area contributed by atoms with Gasteiger partial charge < -0.3 is 19.6 Å². The number of nitrogens with zero attached hydrogens (tertiary/aromatic N) is 4. The molecular weight excluding hydrogens is 396 g/mol. The highest BCUT2D eigenvalue weighted by molar-refractivity contribution is 6.35. The van der Waals surface area contributed by atoms with Crippen molar-refractivity contribution in [3.8, 4) is 0 Å². The number of likely N-dealkylation sites (tertiary alicyclic amines) is 2. The second-order valence-electron chi connectivity index (χ2n) is 8.47. The Labute approximate surface area is 182 Å². The molecule has 0 radical (unpaired) electrons. The van der Waals surface area contributed by atoms with Gasteiger partial charge in [-0.15, -0.1) is 0 Å². The Morgan fingerprint density at radius 3 is 1.84 bits per heavy atom. The van der Waals surface area contributed by atoms with Gasteiger partial charge in [0.25, 0.3) is 0 Å². The fourth-order valence-electron chi connectivity index (χ4n) is 4.68. The molecule has 4 rings (SSSR count). The number of hydrogen-bond donors (Lipinski definition) is 0. The number of hydrogen-bond acceptors (Lipinski definition) is 4. The van der Waals surface area contributed by atoms with Crippen LogP contribution in [0.15, 0.2) is 30.3 Å². The first-order valence-corrected chi connectivity index (χ1v) is 11.3. The highest BCUT2D eigenvalue weighted by Crippen LogP contribution is 2.28. The third-order valence-corrected chi connectivity index (χ3v) is 6.48. The van der Waals surface area contributed by atoms with Crippen molar-refractivity contribution >= 4 is 23.6 Å². The molecule has 3 fully saturated rings. The van der Waals surface area contributed by atoms with Crippen LogP contribution in [0.5, 0.6) is 0 Å². The van der Waals surface area contributed by atoms with E-state index in [9.17, 15) is 19.2 Å². The highest BCUT2D eigenvalue weighted by atomic mass is 16.2. The summed E-state index contributed by atoms with van der Waals surface area (Å²) in [5, 5.41) is 0. The molecule has 0 N–H and O–H groups in total. The molecule has 8 heteroatoms. The van der Waals surface area contributed by atoms with Crippen LogP contribution in [-0.2, 0) is 19.2 Å². The van der Waals surface area contributed by atoms with Crippen LogP contribution in [0.4, 0.5) is 0 Å². The maximum Gasteiger partial charge on any atom is 0.312 e. The summed E-state index contributed by atoms with van der Waals surface area (Å²) in [6.07, 6.45) is 4.10. The quantitative estimate of drug-likeness (QED) is 0.677. The van der Waals surface area contributed by atoms with Crippen LogP contribution in [0.2, 0.25) is 0 Å². The predicted molar refractivity (Wildman–Crippen MR) is 114 cm³/mol. The van der Waals surface area contributed by atoms with Crippen LogP contribution in [-0.4, -0.2) is 89.0 Å². The van der Waals surface area contributed by atoms with Crippen LogP contribution in [0.3, 0.4) is 0 Å². The van der Waals surface area contributed by atoms with Crippen molar-refractivity contribution in [2.75, 3.05) is 45.8 Å². The van der Waals surface area contributed by atoms with Crippen molar-refractivity contribution in [1.29, 1.82) is 0 Å². The summed E-state index contributed by atoms with van der Waals surface area (Å²) in [6.45, 7) is 3.26. The molecule has 0 aliphatic carbocycles. The van der Waals surface area contributed by atoms with E-state index < -0.39 is 17.9 Å². The number of amides is 4. The molecule has 1 aromatic rings. The normalized spacial score (nSPS) is 20.7. The Kier molecular flexibility index (Phi) is 6.53. The van der Waals surface area contributed by atoms with Gasteiger partial charge in [0.2, 0.25) is 11.8 Å². The second kappa shape index (κ2) is 9.49. The van der Waals surface area contributed by atoms with Gasteiger partial charge in [0.05, 0.1) is 0 Å². The third-order valence-electron chi connectivity index (χ3n) is 6.48. The Hall–Kier alpha value is -2.90. The molecule has 0 bridgehead atoms. The molecule has 0 aromatic heterocycles. The first-order chi connectivity index (χ1) is 15.1. The Bertz CT molecular complexity index is 829. The van der Waals surface area contributed by atoms with Gasteiger partial charge in [0, 0.05) is 52.2 Å². The molecule has 1 aromatic carbocycles. The topological polar surface area (TPSA) is 81.2 Å². The Morgan fingerprint density at radius 1 is 0.677 bits per heavy atom. The van der Waals surface area contributed by atoms with Gasteiger partial charge in [-0.1, -0.05) is 30.3 Å². The molecule has 3 aliphatic rings. The number of carbonyl (C=O) groups is 4. The van der Waals surface area contributed by atoms with E-state index in [1.165, 1.54) is 0 Å². The van der Waals surface area contributed by atoms with Crippen molar-refractivity contribution in [2.24, 2.45) is 0 Å². The molecule has 0 saturated carbocycles. The molecule has 1 atom stereocenters. The van der Waals surface area contributed by atoms with Gasteiger partial charge in [0.1, 0.15) is 6.04 Å². The molecular formula is C23H30N4O4.